The Kier molecular flexibility index (Phi) is 11.1. The normalized spacial score (nSPS) is 29.8. The zero-order chi connectivity index (χ0) is 12.8. The molecule has 0 bridgehead atoms. The number of hydrogen-bond acceptors (Lipinski definition) is 2. The zero-order valence-corrected chi connectivity index (χ0v) is 15.4. The first-order valence-electron chi connectivity index (χ1n) is 6.60. The van der Waals surface area contributed by atoms with Crippen molar-refractivity contribution in [1.29, 1.82) is 0 Å². The molecule has 2 aliphatic rings. The second kappa shape index (κ2) is 10.2. The summed E-state index contributed by atoms with van der Waals surface area (Å²) in [5, 5.41) is 0. The average Bonchev–Trinajstić information content (AvgIpc) is 2.68. The Bertz CT molecular complexity index is 216. The summed E-state index contributed by atoms with van der Waals surface area (Å²) in [6.45, 7) is 15.6. The van der Waals surface area contributed by atoms with Gasteiger partial charge in [-0.15, -0.1) is 6.04 Å². The van der Waals surface area contributed by atoms with E-state index in [0.717, 1.165) is 26.1 Å². The Morgan fingerprint density at radius 2 is 1.94 bits per heavy atom. The fraction of sp³-hybridized carbons (Fsp3) is 0.786. The van der Waals surface area contributed by atoms with Gasteiger partial charge in [-0.1, -0.05) is 0 Å². The maximum atomic E-state index is 13.1. The Morgan fingerprint density at radius 1 is 1.33 bits per heavy atom. The van der Waals surface area contributed by atoms with Crippen LogP contribution in [0, 0.1) is 20.3 Å². The van der Waals surface area contributed by atoms with Crippen LogP contribution in [0.5, 0.6) is 0 Å². The van der Waals surface area contributed by atoms with Gasteiger partial charge < -0.3 is 25.2 Å². The summed E-state index contributed by atoms with van der Waals surface area (Å²) in [5.74, 6) is 0. The van der Waals surface area contributed by atoms with Crippen LogP contribution < -0.4 is 51.4 Å². The minimum atomic E-state index is -0.608. The predicted octanol–water partition coefficient (Wildman–Crippen LogP) is -0.624. The van der Waals surface area contributed by atoms with Gasteiger partial charge in [-0.2, -0.15) is 20.3 Å². The van der Waals surface area contributed by atoms with Crippen molar-refractivity contribution < 1.29 is 55.8 Å². The first kappa shape index (κ1) is 19.5. The molecule has 0 spiro atoms. The molecular formula is C14H26FKN2-2. The van der Waals surface area contributed by atoms with E-state index in [9.17, 15) is 4.39 Å². The first-order valence-corrected chi connectivity index (χ1v) is 6.60. The molecule has 3 unspecified atom stereocenters. The minimum Gasteiger partial charge on any atom is -0.344 e. The van der Waals surface area contributed by atoms with Crippen molar-refractivity contribution in [2.24, 2.45) is 0 Å². The van der Waals surface area contributed by atoms with Crippen molar-refractivity contribution in [3.8, 4) is 0 Å². The summed E-state index contributed by atoms with van der Waals surface area (Å²) in [4.78, 5) is 4.61. The zero-order valence-electron chi connectivity index (χ0n) is 12.2. The minimum absolute atomic E-state index is 0. The van der Waals surface area contributed by atoms with Gasteiger partial charge in [0.25, 0.3) is 0 Å². The summed E-state index contributed by atoms with van der Waals surface area (Å²) in [6.07, 6.45) is 2.94. The molecule has 2 rings (SSSR count). The van der Waals surface area contributed by atoms with Crippen molar-refractivity contribution in [2.45, 2.75) is 44.9 Å². The predicted molar refractivity (Wildman–Crippen MR) is 71.2 cm³/mol. The van der Waals surface area contributed by atoms with Crippen LogP contribution in [0.1, 0.15) is 26.7 Å². The molecule has 2 heterocycles. The Hall–Kier alpha value is 1.49. The topological polar surface area (TPSA) is 6.48 Å². The Balaban J connectivity index is 0.000000660. The van der Waals surface area contributed by atoms with Gasteiger partial charge in [0.05, 0.1) is 0 Å². The number of nitrogens with zero attached hydrogens (tertiary/aromatic N) is 2. The van der Waals surface area contributed by atoms with Crippen LogP contribution in [0.15, 0.2) is 0 Å². The third kappa shape index (κ3) is 5.86. The fourth-order valence-electron chi connectivity index (χ4n) is 2.52. The summed E-state index contributed by atoms with van der Waals surface area (Å²) in [6, 6.07) is 0.727. The van der Waals surface area contributed by atoms with Gasteiger partial charge in [0.1, 0.15) is 6.17 Å². The molecule has 2 saturated heterocycles. The molecule has 18 heavy (non-hydrogen) atoms. The van der Waals surface area contributed by atoms with Gasteiger partial charge >= 0.3 is 51.4 Å². The molecule has 0 aromatic rings. The van der Waals surface area contributed by atoms with Crippen LogP contribution in [0.2, 0.25) is 0 Å². The van der Waals surface area contributed by atoms with Crippen molar-refractivity contribution in [1.82, 2.24) is 9.80 Å². The van der Waals surface area contributed by atoms with Crippen LogP contribution in [0.25, 0.3) is 0 Å². The summed E-state index contributed by atoms with van der Waals surface area (Å²) >= 11 is 0. The molecule has 2 fully saturated rings. The van der Waals surface area contributed by atoms with E-state index in [4.69, 9.17) is 0 Å². The van der Waals surface area contributed by atoms with E-state index < -0.39 is 6.17 Å². The Morgan fingerprint density at radius 3 is 2.50 bits per heavy atom. The molecule has 4 heteroatoms. The molecule has 3 atom stereocenters. The summed E-state index contributed by atoms with van der Waals surface area (Å²) in [7, 11) is 0. The van der Waals surface area contributed by atoms with Crippen molar-refractivity contribution in [3.63, 3.8) is 0 Å². The van der Waals surface area contributed by atoms with E-state index >= 15 is 0 Å². The van der Waals surface area contributed by atoms with E-state index in [1.54, 1.807) is 0 Å². The van der Waals surface area contributed by atoms with Gasteiger partial charge in [-0.3, -0.25) is 4.90 Å². The second-order valence-electron chi connectivity index (χ2n) is 5.00. The van der Waals surface area contributed by atoms with E-state index in [1.807, 2.05) is 20.3 Å². The van der Waals surface area contributed by atoms with Crippen LogP contribution in [-0.2, 0) is 0 Å². The molecule has 0 radical (unpaired) electrons. The Labute approximate surface area is 155 Å². The largest absolute Gasteiger partial charge is 1.00 e. The van der Waals surface area contributed by atoms with Crippen LogP contribution >= 0.6 is 0 Å². The molecule has 2 aliphatic heterocycles. The van der Waals surface area contributed by atoms with Crippen LogP contribution in [-0.4, -0.2) is 54.2 Å². The standard InChI is InChI=1S/C11H19FN2.C3H7.K/c1-3-9(2)13-4-5-14-7-10(12)6-11(14)8-13;1-3-2;/h9-11H,1-8H2;3H,1-2H3;/q-2;-1;+1. The van der Waals surface area contributed by atoms with Crippen LogP contribution in [0.3, 0.4) is 0 Å². The van der Waals surface area contributed by atoms with Gasteiger partial charge in [0.15, 0.2) is 0 Å². The first-order chi connectivity index (χ1) is 8.12. The fourth-order valence-corrected chi connectivity index (χ4v) is 2.52. The number of hydrogen-bond donors (Lipinski definition) is 0. The molecule has 0 saturated carbocycles. The van der Waals surface area contributed by atoms with E-state index in [-0.39, 0.29) is 51.4 Å². The average molecular weight is 280 g/mol. The second-order valence-corrected chi connectivity index (χ2v) is 5.00. The number of halogens is 1. The number of alkyl halides is 1. The van der Waals surface area contributed by atoms with Crippen molar-refractivity contribution in [2.75, 3.05) is 26.2 Å². The van der Waals surface area contributed by atoms with E-state index in [1.165, 1.54) is 0 Å². The number of fused-ring (bicyclic) bond motifs is 1. The van der Waals surface area contributed by atoms with Crippen molar-refractivity contribution in [3.05, 3.63) is 20.3 Å². The van der Waals surface area contributed by atoms with Gasteiger partial charge in [-0.05, 0) is 6.42 Å². The molecule has 0 aromatic carbocycles. The van der Waals surface area contributed by atoms with E-state index in [2.05, 4.69) is 23.6 Å². The molecule has 2 nitrogen and oxygen atoms in total. The summed E-state index contributed by atoms with van der Waals surface area (Å²) < 4.78 is 13.1. The molecular weight excluding hydrogens is 254 g/mol. The SMILES string of the molecule is C[CH-]C.[CH2-]CC([CH2-])N1CCN2CC(F)CC2C1.[K+]. The number of rotatable bonds is 2. The molecule has 0 aromatic heterocycles. The quantitative estimate of drug-likeness (QED) is 0.491. The molecule has 0 aliphatic carbocycles. The maximum absolute atomic E-state index is 13.1. The number of piperazine rings is 1. The van der Waals surface area contributed by atoms with Crippen LogP contribution in [0.4, 0.5) is 4.39 Å². The molecule has 102 valence electrons. The third-order valence-electron chi connectivity index (χ3n) is 3.45. The van der Waals surface area contributed by atoms with Crippen molar-refractivity contribution >= 4 is 0 Å². The maximum Gasteiger partial charge on any atom is 1.00 e. The van der Waals surface area contributed by atoms with Gasteiger partial charge in [0.2, 0.25) is 0 Å². The monoisotopic (exact) mass is 280 g/mol. The third-order valence-corrected chi connectivity index (χ3v) is 3.45. The molecule has 0 amide bonds. The summed E-state index contributed by atoms with van der Waals surface area (Å²) in [5.41, 5.74) is 0. The smallest absolute Gasteiger partial charge is 0.344 e. The molecule has 0 N–H and O–H groups in total. The van der Waals surface area contributed by atoms with E-state index in [0.29, 0.717) is 25.0 Å². The van der Waals surface area contributed by atoms with Gasteiger partial charge in [0, 0.05) is 32.2 Å². The van der Waals surface area contributed by atoms with Gasteiger partial charge in [-0.25, -0.2) is 4.39 Å².